The number of hydrogen-bond acceptors (Lipinski definition) is 4. The summed E-state index contributed by atoms with van der Waals surface area (Å²) >= 11 is 5.81. The van der Waals surface area contributed by atoms with E-state index in [0.717, 1.165) is 25.0 Å². The molecular weight excluding hydrogens is 387 g/mol. The van der Waals surface area contributed by atoms with Crippen LogP contribution in [0.25, 0.3) is 0 Å². The molecule has 1 aliphatic rings. The summed E-state index contributed by atoms with van der Waals surface area (Å²) in [5.74, 6) is -3.01. The topological polar surface area (TPSA) is 83.8 Å². The van der Waals surface area contributed by atoms with E-state index in [-0.39, 0.29) is 34.8 Å². The maximum absolute atomic E-state index is 15.2. The van der Waals surface area contributed by atoms with Gasteiger partial charge in [0, 0.05) is 29.2 Å². The van der Waals surface area contributed by atoms with Crippen molar-refractivity contribution in [2.24, 2.45) is 0 Å². The lowest BCUT2D eigenvalue weighted by Crippen LogP contribution is -2.23. The van der Waals surface area contributed by atoms with Crippen molar-refractivity contribution in [3.8, 4) is 0 Å². The first-order chi connectivity index (χ1) is 13.4. The molecule has 0 amide bonds. The van der Waals surface area contributed by atoms with Crippen molar-refractivity contribution in [2.75, 3.05) is 6.61 Å². The third-order valence-corrected chi connectivity index (χ3v) is 5.11. The van der Waals surface area contributed by atoms with Crippen LogP contribution in [0.5, 0.6) is 0 Å². The van der Waals surface area contributed by atoms with Crippen molar-refractivity contribution < 1.29 is 28.9 Å². The fourth-order valence-corrected chi connectivity index (χ4v) is 3.52. The molecule has 7 heteroatoms. The number of hydrogen-bond donors (Lipinski definition) is 2. The van der Waals surface area contributed by atoms with Crippen LogP contribution < -0.4 is 0 Å². The van der Waals surface area contributed by atoms with Crippen LogP contribution in [0.4, 0.5) is 4.39 Å². The molecule has 1 heterocycles. The zero-order valence-electron chi connectivity index (χ0n) is 15.0. The molecule has 148 valence electrons. The standard InChI is InChI=1S/C21H20ClFO5/c22-13-6-4-12(5-7-13)20(25)16-9-8-15(21(26)27)18(19(16)23)17(24)11-14-3-1-2-10-28-14/h4-9,14,17,24H,1-3,10-11H2,(H,26,27). The Morgan fingerprint density at radius 2 is 1.82 bits per heavy atom. The second-order valence-corrected chi connectivity index (χ2v) is 7.21. The van der Waals surface area contributed by atoms with E-state index in [9.17, 15) is 19.8 Å². The number of ether oxygens (including phenoxy) is 1. The highest BCUT2D eigenvalue weighted by molar-refractivity contribution is 6.30. The van der Waals surface area contributed by atoms with Gasteiger partial charge in [-0.3, -0.25) is 4.79 Å². The average molecular weight is 407 g/mol. The number of ketones is 1. The van der Waals surface area contributed by atoms with Crippen LogP contribution in [0.3, 0.4) is 0 Å². The first-order valence-corrected chi connectivity index (χ1v) is 9.42. The van der Waals surface area contributed by atoms with E-state index in [1.165, 1.54) is 24.3 Å². The van der Waals surface area contributed by atoms with Gasteiger partial charge in [0.15, 0.2) is 5.78 Å². The number of halogens is 2. The highest BCUT2D eigenvalue weighted by Crippen LogP contribution is 2.31. The quantitative estimate of drug-likeness (QED) is 0.694. The summed E-state index contributed by atoms with van der Waals surface area (Å²) in [4.78, 5) is 24.2. The lowest BCUT2D eigenvalue weighted by molar-refractivity contribution is -0.0163. The van der Waals surface area contributed by atoms with Gasteiger partial charge in [-0.2, -0.15) is 0 Å². The van der Waals surface area contributed by atoms with E-state index in [4.69, 9.17) is 16.3 Å². The molecule has 0 spiro atoms. The van der Waals surface area contributed by atoms with Gasteiger partial charge in [-0.15, -0.1) is 0 Å². The van der Waals surface area contributed by atoms with Crippen molar-refractivity contribution >= 4 is 23.4 Å². The minimum Gasteiger partial charge on any atom is -0.478 e. The molecule has 2 unspecified atom stereocenters. The first kappa shape index (κ1) is 20.5. The van der Waals surface area contributed by atoms with Crippen molar-refractivity contribution in [2.45, 2.75) is 37.9 Å². The van der Waals surface area contributed by atoms with Crippen LogP contribution >= 0.6 is 11.6 Å². The highest BCUT2D eigenvalue weighted by Gasteiger charge is 2.29. The number of carbonyl (C=O) groups excluding carboxylic acids is 1. The number of aliphatic hydroxyl groups is 1. The minimum atomic E-state index is -1.40. The zero-order chi connectivity index (χ0) is 20.3. The molecule has 5 nitrogen and oxygen atoms in total. The number of aliphatic hydroxyl groups excluding tert-OH is 1. The van der Waals surface area contributed by atoms with E-state index < -0.39 is 23.7 Å². The normalized spacial score (nSPS) is 17.9. The molecule has 0 radical (unpaired) electrons. The summed E-state index contributed by atoms with van der Waals surface area (Å²) in [5.41, 5.74) is -0.844. The molecule has 1 fully saturated rings. The van der Waals surface area contributed by atoms with E-state index in [0.29, 0.717) is 18.1 Å². The third-order valence-electron chi connectivity index (χ3n) is 4.85. The molecule has 2 aromatic rings. The van der Waals surface area contributed by atoms with Crippen LogP contribution in [-0.4, -0.2) is 34.7 Å². The van der Waals surface area contributed by atoms with Crippen LogP contribution in [0.15, 0.2) is 36.4 Å². The Hall–Kier alpha value is -2.28. The smallest absolute Gasteiger partial charge is 0.336 e. The second kappa shape index (κ2) is 8.82. The number of benzene rings is 2. The summed E-state index contributed by atoms with van der Waals surface area (Å²) in [6.45, 7) is 0.556. The van der Waals surface area contributed by atoms with Gasteiger partial charge < -0.3 is 14.9 Å². The van der Waals surface area contributed by atoms with Crippen molar-refractivity contribution in [1.29, 1.82) is 0 Å². The van der Waals surface area contributed by atoms with Crippen LogP contribution in [-0.2, 0) is 4.74 Å². The van der Waals surface area contributed by atoms with Gasteiger partial charge in [0.05, 0.1) is 23.3 Å². The number of aromatic carboxylic acids is 1. The fourth-order valence-electron chi connectivity index (χ4n) is 3.40. The Labute approximate surface area is 166 Å². The van der Waals surface area contributed by atoms with Gasteiger partial charge in [0.2, 0.25) is 0 Å². The van der Waals surface area contributed by atoms with E-state index in [1.54, 1.807) is 0 Å². The SMILES string of the molecule is O=C(c1ccc(Cl)cc1)c1ccc(C(=O)O)c(C(O)CC2CCCCO2)c1F. The van der Waals surface area contributed by atoms with E-state index >= 15 is 4.39 Å². The van der Waals surface area contributed by atoms with Crippen LogP contribution in [0.1, 0.15) is 63.6 Å². The lowest BCUT2D eigenvalue weighted by Gasteiger charge is -2.25. The number of carboxylic acids is 1. The van der Waals surface area contributed by atoms with Gasteiger partial charge in [0.25, 0.3) is 0 Å². The molecule has 1 saturated heterocycles. The Bertz CT molecular complexity index is 875. The number of carbonyl (C=O) groups is 2. The molecular formula is C21H20ClFO5. The van der Waals surface area contributed by atoms with Gasteiger partial charge >= 0.3 is 5.97 Å². The second-order valence-electron chi connectivity index (χ2n) is 6.77. The zero-order valence-corrected chi connectivity index (χ0v) is 15.8. The first-order valence-electron chi connectivity index (χ1n) is 9.04. The van der Waals surface area contributed by atoms with E-state index in [1.807, 2.05) is 0 Å². The van der Waals surface area contributed by atoms with E-state index in [2.05, 4.69) is 0 Å². The summed E-state index contributed by atoms with van der Waals surface area (Å²) in [6, 6.07) is 8.21. The predicted octanol–water partition coefficient (Wildman–Crippen LogP) is 4.40. The fraction of sp³-hybridized carbons (Fsp3) is 0.333. The van der Waals surface area contributed by atoms with Crippen molar-refractivity contribution in [3.05, 3.63) is 69.5 Å². The summed E-state index contributed by atoms with van der Waals surface area (Å²) in [5, 5.41) is 20.4. The minimum absolute atomic E-state index is 0.0653. The van der Waals surface area contributed by atoms with Crippen LogP contribution in [0, 0.1) is 5.82 Å². The number of carboxylic acid groups (broad SMARTS) is 1. The molecule has 1 aliphatic heterocycles. The molecule has 0 aromatic heterocycles. The van der Waals surface area contributed by atoms with Gasteiger partial charge in [-0.1, -0.05) is 11.6 Å². The molecule has 2 aromatic carbocycles. The Kier molecular flexibility index (Phi) is 6.44. The maximum atomic E-state index is 15.2. The lowest BCUT2D eigenvalue weighted by atomic mass is 9.91. The predicted molar refractivity (Wildman–Crippen MR) is 101 cm³/mol. The molecule has 0 aliphatic carbocycles. The molecule has 2 atom stereocenters. The molecule has 28 heavy (non-hydrogen) atoms. The maximum Gasteiger partial charge on any atom is 0.336 e. The summed E-state index contributed by atoms with van der Waals surface area (Å²) in [7, 11) is 0. The van der Waals surface area contributed by atoms with Crippen molar-refractivity contribution in [1.82, 2.24) is 0 Å². The Morgan fingerprint density at radius 1 is 1.14 bits per heavy atom. The molecule has 0 saturated carbocycles. The monoisotopic (exact) mass is 406 g/mol. The summed E-state index contributed by atoms with van der Waals surface area (Å²) < 4.78 is 20.8. The Balaban J connectivity index is 1.97. The summed E-state index contributed by atoms with van der Waals surface area (Å²) in [6.07, 6.45) is 0.959. The van der Waals surface area contributed by atoms with Crippen LogP contribution in [0.2, 0.25) is 5.02 Å². The van der Waals surface area contributed by atoms with Gasteiger partial charge in [-0.25, -0.2) is 9.18 Å². The third kappa shape index (κ3) is 4.41. The number of rotatable bonds is 6. The van der Waals surface area contributed by atoms with Gasteiger partial charge in [0.1, 0.15) is 5.82 Å². The molecule has 0 bridgehead atoms. The van der Waals surface area contributed by atoms with Crippen molar-refractivity contribution in [3.63, 3.8) is 0 Å². The van der Waals surface area contributed by atoms with Gasteiger partial charge in [-0.05, 0) is 55.7 Å². The average Bonchev–Trinajstić information content (AvgIpc) is 2.68. The highest BCUT2D eigenvalue weighted by atomic mass is 35.5. The Morgan fingerprint density at radius 3 is 2.43 bits per heavy atom. The molecule has 2 N–H and O–H groups in total. The molecule has 3 rings (SSSR count). The largest absolute Gasteiger partial charge is 0.478 e.